The van der Waals surface area contributed by atoms with Crippen LogP contribution in [-0.2, 0) is 9.53 Å². The largest absolute Gasteiger partial charge is 0.433 e. The van der Waals surface area contributed by atoms with Crippen LogP contribution in [0.5, 0.6) is 0 Å². The maximum Gasteiger partial charge on any atom is 0.298 e. The third-order valence-corrected chi connectivity index (χ3v) is 1.17. The van der Waals surface area contributed by atoms with E-state index in [0.717, 1.165) is 18.6 Å². The second kappa shape index (κ2) is 3.07. The topological polar surface area (TPSA) is 26.3 Å². The van der Waals surface area contributed by atoms with Gasteiger partial charge in [-0.25, -0.2) is 0 Å². The highest BCUT2D eigenvalue weighted by molar-refractivity contribution is 5.40. The molecule has 48 valence electrons. The Morgan fingerprint density at radius 3 is 3.00 bits per heavy atom. The second-order valence-corrected chi connectivity index (χ2v) is 1.80. The van der Waals surface area contributed by atoms with Crippen molar-refractivity contribution >= 4 is 6.47 Å². The third kappa shape index (κ3) is 1.72. The fourth-order valence-electron chi connectivity index (χ4n) is 0.737. The molecule has 0 atom stereocenters. The average molecular weight is 124 g/mol. The van der Waals surface area contributed by atoms with E-state index in [0.29, 0.717) is 6.47 Å². The normalized spacial score (nSPS) is 16.7. The van der Waals surface area contributed by atoms with Crippen molar-refractivity contribution in [3.05, 3.63) is 24.0 Å². The SMILES string of the molecule is O=COC1=CCC=CC1. The van der Waals surface area contributed by atoms with Crippen molar-refractivity contribution in [2.75, 3.05) is 0 Å². The molecule has 0 aliphatic heterocycles. The Morgan fingerprint density at radius 1 is 1.56 bits per heavy atom. The fraction of sp³-hybridized carbons (Fsp3) is 0.286. The maximum absolute atomic E-state index is 9.79. The molecule has 0 aromatic heterocycles. The molecule has 0 fully saturated rings. The molecule has 0 bridgehead atoms. The molecule has 0 N–H and O–H groups in total. The van der Waals surface area contributed by atoms with Gasteiger partial charge in [0, 0.05) is 6.42 Å². The molecule has 1 aliphatic carbocycles. The van der Waals surface area contributed by atoms with Crippen LogP contribution in [0.1, 0.15) is 12.8 Å². The lowest BCUT2D eigenvalue weighted by molar-refractivity contribution is -0.125. The van der Waals surface area contributed by atoms with Gasteiger partial charge in [0.15, 0.2) is 0 Å². The van der Waals surface area contributed by atoms with E-state index in [1.165, 1.54) is 0 Å². The Morgan fingerprint density at radius 2 is 2.44 bits per heavy atom. The van der Waals surface area contributed by atoms with Crippen molar-refractivity contribution in [1.29, 1.82) is 0 Å². The monoisotopic (exact) mass is 124 g/mol. The first-order valence-corrected chi connectivity index (χ1v) is 2.88. The number of hydrogen-bond acceptors (Lipinski definition) is 2. The number of rotatable bonds is 2. The van der Waals surface area contributed by atoms with Gasteiger partial charge in [-0.1, -0.05) is 12.2 Å². The van der Waals surface area contributed by atoms with Gasteiger partial charge < -0.3 is 4.74 Å². The number of carbonyl (C=O) groups excluding carboxylic acids is 1. The van der Waals surface area contributed by atoms with Gasteiger partial charge in [0.25, 0.3) is 6.47 Å². The first kappa shape index (κ1) is 6.08. The molecule has 1 aliphatic rings. The van der Waals surface area contributed by atoms with E-state index in [2.05, 4.69) is 4.74 Å². The number of ether oxygens (including phenoxy) is 1. The standard InChI is InChI=1S/C7H8O2/c8-6-9-7-4-2-1-3-5-7/h1-2,5-6H,3-4H2. The Hall–Kier alpha value is -1.05. The zero-order valence-electron chi connectivity index (χ0n) is 5.04. The first-order chi connectivity index (χ1) is 4.43. The van der Waals surface area contributed by atoms with Gasteiger partial charge in [-0.3, -0.25) is 4.79 Å². The fourth-order valence-corrected chi connectivity index (χ4v) is 0.737. The summed E-state index contributed by atoms with van der Waals surface area (Å²) in [6.45, 7) is 0.463. The summed E-state index contributed by atoms with van der Waals surface area (Å²) < 4.78 is 4.61. The zero-order valence-corrected chi connectivity index (χ0v) is 5.04. The lowest BCUT2D eigenvalue weighted by Crippen LogP contribution is -1.90. The molecule has 0 amide bonds. The van der Waals surface area contributed by atoms with E-state index >= 15 is 0 Å². The zero-order chi connectivity index (χ0) is 6.53. The van der Waals surface area contributed by atoms with E-state index in [1.54, 1.807) is 0 Å². The molecule has 0 aromatic rings. The number of carbonyl (C=O) groups is 1. The van der Waals surface area contributed by atoms with Crippen molar-refractivity contribution in [2.24, 2.45) is 0 Å². The van der Waals surface area contributed by atoms with Crippen LogP contribution >= 0.6 is 0 Å². The Balaban J connectivity index is 2.40. The average Bonchev–Trinajstić information content (AvgIpc) is 1.91. The van der Waals surface area contributed by atoms with Crippen LogP contribution in [0.4, 0.5) is 0 Å². The van der Waals surface area contributed by atoms with Crippen molar-refractivity contribution in [2.45, 2.75) is 12.8 Å². The van der Waals surface area contributed by atoms with Crippen LogP contribution in [0.3, 0.4) is 0 Å². The summed E-state index contributed by atoms with van der Waals surface area (Å²) in [5, 5.41) is 0. The minimum absolute atomic E-state index is 0.463. The molecule has 0 aromatic carbocycles. The Bertz CT molecular complexity index is 152. The van der Waals surface area contributed by atoms with Gasteiger partial charge in [-0.05, 0) is 12.5 Å². The Labute approximate surface area is 53.8 Å². The number of hydrogen-bond donors (Lipinski definition) is 0. The molecule has 2 heteroatoms. The van der Waals surface area contributed by atoms with Crippen LogP contribution < -0.4 is 0 Å². The second-order valence-electron chi connectivity index (χ2n) is 1.80. The minimum atomic E-state index is 0.463. The lowest BCUT2D eigenvalue weighted by atomic mass is 10.2. The molecular weight excluding hydrogens is 116 g/mol. The lowest BCUT2D eigenvalue weighted by Gasteiger charge is -2.02. The minimum Gasteiger partial charge on any atom is -0.433 e. The summed E-state index contributed by atoms with van der Waals surface area (Å²) >= 11 is 0. The molecule has 1 rings (SSSR count). The molecular formula is C7H8O2. The maximum atomic E-state index is 9.79. The first-order valence-electron chi connectivity index (χ1n) is 2.88. The predicted molar refractivity (Wildman–Crippen MR) is 33.6 cm³/mol. The smallest absolute Gasteiger partial charge is 0.298 e. The molecule has 0 heterocycles. The van der Waals surface area contributed by atoms with Gasteiger partial charge in [0.2, 0.25) is 0 Å². The summed E-state index contributed by atoms with van der Waals surface area (Å²) in [5.41, 5.74) is 0. The summed E-state index contributed by atoms with van der Waals surface area (Å²) in [4.78, 5) is 9.79. The Kier molecular flexibility index (Phi) is 2.07. The summed E-state index contributed by atoms with van der Waals surface area (Å²) in [5.74, 6) is 0.757. The van der Waals surface area contributed by atoms with Gasteiger partial charge >= 0.3 is 0 Å². The quantitative estimate of drug-likeness (QED) is 0.410. The summed E-state index contributed by atoms with van der Waals surface area (Å²) in [6, 6.07) is 0. The molecule has 0 radical (unpaired) electrons. The summed E-state index contributed by atoms with van der Waals surface area (Å²) in [6.07, 6.45) is 7.55. The predicted octanol–water partition coefficient (Wildman–Crippen LogP) is 1.39. The highest BCUT2D eigenvalue weighted by Gasteiger charge is 1.96. The number of allylic oxidation sites excluding steroid dienone is 3. The van der Waals surface area contributed by atoms with E-state index in [9.17, 15) is 4.79 Å². The van der Waals surface area contributed by atoms with Gasteiger partial charge in [-0.2, -0.15) is 0 Å². The molecule has 0 unspecified atom stereocenters. The highest BCUT2D eigenvalue weighted by atomic mass is 16.5. The molecule has 9 heavy (non-hydrogen) atoms. The van der Waals surface area contributed by atoms with Crippen molar-refractivity contribution in [1.82, 2.24) is 0 Å². The molecule has 0 spiro atoms. The van der Waals surface area contributed by atoms with Crippen LogP contribution in [-0.4, -0.2) is 6.47 Å². The van der Waals surface area contributed by atoms with Crippen LogP contribution in [0, 0.1) is 0 Å². The summed E-state index contributed by atoms with van der Waals surface area (Å²) in [7, 11) is 0. The van der Waals surface area contributed by atoms with E-state index in [1.807, 2.05) is 18.2 Å². The van der Waals surface area contributed by atoms with E-state index in [-0.39, 0.29) is 0 Å². The van der Waals surface area contributed by atoms with Gasteiger partial charge in [0.05, 0.1) is 0 Å². The molecule has 0 saturated carbocycles. The van der Waals surface area contributed by atoms with Crippen molar-refractivity contribution in [3.63, 3.8) is 0 Å². The van der Waals surface area contributed by atoms with Gasteiger partial charge in [0.1, 0.15) is 5.76 Å². The molecule has 2 nitrogen and oxygen atoms in total. The van der Waals surface area contributed by atoms with E-state index in [4.69, 9.17) is 0 Å². The van der Waals surface area contributed by atoms with Crippen molar-refractivity contribution < 1.29 is 9.53 Å². The third-order valence-electron chi connectivity index (χ3n) is 1.17. The molecule has 0 saturated heterocycles. The van der Waals surface area contributed by atoms with Crippen LogP contribution in [0.15, 0.2) is 24.0 Å². The highest BCUT2D eigenvalue weighted by Crippen LogP contribution is 2.10. The van der Waals surface area contributed by atoms with Crippen LogP contribution in [0.2, 0.25) is 0 Å². The van der Waals surface area contributed by atoms with E-state index < -0.39 is 0 Å². The van der Waals surface area contributed by atoms with Crippen molar-refractivity contribution in [3.8, 4) is 0 Å². The van der Waals surface area contributed by atoms with Gasteiger partial charge in [-0.15, -0.1) is 0 Å². The van der Waals surface area contributed by atoms with Crippen LogP contribution in [0.25, 0.3) is 0 Å².